The molecule has 2 heterocycles. The first-order chi connectivity index (χ1) is 7.15. The number of aromatic nitrogens is 2. The van der Waals surface area contributed by atoms with Crippen molar-refractivity contribution in [3.05, 3.63) is 35.9 Å². The number of rotatable bonds is 3. The molecule has 0 radical (unpaired) electrons. The van der Waals surface area contributed by atoms with Crippen molar-refractivity contribution in [2.45, 2.75) is 19.9 Å². The largest absolute Gasteiger partial charge is 0.464 e. The molecule has 2 rings (SSSR count). The summed E-state index contributed by atoms with van der Waals surface area (Å²) in [6.45, 7) is 3.99. The normalized spacial score (nSPS) is 12.7. The number of furan rings is 1. The number of anilines is 1. The van der Waals surface area contributed by atoms with Crippen LogP contribution in [-0.4, -0.2) is 9.78 Å². The van der Waals surface area contributed by atoms with Crippen LogP contribution in [-0.2, 0) is 7.05 Å². The van der Waals surface area contributed by atoms with E-state index in [-0.39, 0.29) is 6.04 Å². The van der Waals surface area contributed by atoms with E-state index < -0.39 is 0 Å². The fourth-order valence-corrected chi connectivity index (χ4v) is 1.47. The van der Waals surface area contributed by atoms with Gasteiger partial charge in [0.15, 0.2) is 0 Å². The van der Waals surface area contributed by atoms with Crippen LogP contribution in [0.25, 0.3) is 0 Å². The molecule has 0 bridgehead atoms. The zero-order chi connectivity index (χ0) is 10.8. The molecule has 1 N–H and O–H groups in total. The van der Waals surface area contributed by atoms with Gasteiger partial charge in [0.2, 0.25) is 0 Å². The summed E-state index contributed by atoms with van der Waals surface area (Å²) >= 11 is 0. The molecular weight excluding hydrogens is 190 g/mol. The summed E-state index contributed by atoms with van der Waals surface area (Å²) in [5.41, 5.74) is 0. The molecule has 2 aromatic heterocycles. The molecule has 0 saturated heterocycles. The Morgan fingerprint density at radius 1 is 1.40 bits per heavy atom. The predicted octanol–water partition coefficient (Wildman–Crippen LogP) is 2.49. The highest BCUT2D eigenvalue weighted by molar-refractivity contribution is 5.35. The molecule has 2 aromatic rings. The van der Waals surface area contributed by atoms with E-state index in [4.69, 9.17) is 4.42 Å². The minimum atomic E-state index is 0.133. The lowest BCUT2D eigenvalue weighted by Gasteiger charge is -2.09. The average Bonchev–Trinajstić information content (AvgIpc) is 2.75. The van der Waals surface area contributed by atoms with Gasteiger partial charge < -0.3 is 9.73 Å². The summed E-state index contributed by atoms with van der Waals surface area (Å²) in [5, 5.41) is 7.51. The highest BCUT2D eigenvalue weighted by Gasteiger charge is 2.09. The van der Waals surface area contributed by atoms with Gasteiger partial charge in [-0.25, -0.2) is 0 Å². The Bertz CT molecular complexity index is 444. The Labute approximate surface area is 88.9 Å². The molecule has 0 amide bonds. The first-order valence-electron chi connectivity index (χ1n) is 4.97. The van der Waals surface area contributed by atoms with E-state index in [2.05, 4.69) is 10.4 Å². The molecular formula is C11H15N3O. The fourth-order valence-electron chi connectivity index (χ4n) is 1.47. The molecule has 0 spiro atoms. The molecule has 0 aliphatic carbocycles. The van der Waals surface area contributed by atoms with E-state index >= 15 is 0 Å². The predicted molar refractivity (Wildman–Crippen MR) is 58.7 cm³/mol. The van der Waals surface area contributed by atoms with Gasteiger partial charge in [0, 0.05) is 19.3 Å². The van der Waals surface area contributed by atoms with Gasteiger partial charge in [-0.2, -0.15) is 5.10 Å². The van der Waals surface area contributed by atoms with Crippen molar-refractivity contribution >= 4 is 5.82 Å². The molecule has 0 aliphatic heterocycles. The maximum absolute atomic E-state index is 5.53. The topological polar surface area (TPSA) is 43.0 Å². The third-order valence-corrected chi connectivity index (χ3v) is 2.27. The van der Waals surface area contributed by atoms with Gasteiger partial charge >= 0.3 is 0 Å². The first kappa shape index (κ1) is 9.83. The Kier molecular flexibility index (Phi) is 2.49. The lowest BCUT2D eigenvalue weighted by atomic mass is 10.2. The van der Waals surface area contributed by atoms with Crippen LogP contribution in [0, 0.1) is 6.92 Å². The van der Waals surface area contributed by atoms with Crippen LogP contribution in [0.15, 0.2) is 28.8 Å². The molecule has 1 atom stereocenters. The Morgan fingerprint density at radius 3 is 2.73 bits per heavy atom. The van der Waals surface area contributed by atoms with Crippen molar-refractivity contribution in [2.24, 2.45) is 7.05 Å². The quantitative estimate of drug-likeness (QED) is 0.837. The summed E-state index contributed by atoms with van der Waals surface area (Å²) in [7, 11) is 1.90. The maximum Gasteiger partial charge on any atom is 0.148 e. The van der Waals surface area contributed by atoms with Gasteiger partial charge in [0.25, 0.3) is 0 Å². The minimum Gasteiger partial charge on any atom is -0.464 e. The molecule has 0 aromatic carbocycles. The van der Waals surface area contributed by atoms with E-state index in [1.807, 2.05) is 45.3 Å². The lowest BCUT2D eigenvalue weighted by Crippen LogP contribution is -2.06. The Balaban J connectivity index is 2.06. The standard InChI is InChI=1S/C11H15N3O/c1-8-4-5-10(15-8)9(2)12-11-6-7-14(3)13-11/h4-7,9H,1-3H3,(H,12,13). The van der Waals surface area contributed by atoms with Crippen molar-refractivity contribution in [2.75, 3.05) is 5.32 Å². The monoisotopic (exact) mass is 205 g/mol. The summed E-state index contributed by atoms with van der Waals surface area (Å²) in [4.78, 5) is 0. The summed E-state index contributed by atoms with van der Waals surface area (Å²) < 4.78 is 7.29. The van der Waals surface area contributed by atoms with Gasteiger partial charge in [-0.1, -0.05) is 0 Å². The van der Waals surface area contributed by atoms with Crippen LogP contribution in [0.4, 0.5) is 5.82 Å². The number of aryl methyl sites for hydroxylation is 2. The number of nitrogens with zero attached hydrogens (tertiary/aromatic N) is 2. The Hall–Kier alpha value is -1.71. The highest BCUT2D eigenvalue weighted by atomic mass is 16.3. The average molecular weight is 205 g/mol. The second-order valence-electron chi connectivity index (χ2n) is 3.69. The molecule has 4 nitrogen and oxygen atoms in total. The van der Waals surface area contributed by atoms with Crippen molar-refractivity contribution in [1.29, 1.82) is 0 Å². The van der Waals surface area contributed by atoms with E-state index in [9.17, 15) is 0 Å². The first-order valence-corrected chi connectivity index (χ1v) is 4.97. The molecule has 0 fully saturated rings. The molecule has 0 saturated carbocycles. The fraction of sp³-hybridized carbons (Fsp3) is 0.364. The van der Waals surface area contributed by atoms with Crippen molar-refractivity contribution in [3.8, 4) is 0 Å². The molecule has 80 valence electrons. The summed E-state index contributed by atoms with van der Waals surface area (Å²) in [6, 6.07) is 6.02. The number of nitrogens with one attached hydrogen (secondary N) is 1. The summed E-state index contributed by atoms with van der Waals surface area (Å²) in [5.74, 6) is 2.72. The van der Waals surface area contributed by atoms with Gasteiger partial charge in [-0.3, -0.25) is 4.68 Å². The Morgan fingerprint density at radius 2 is 2.20 bits per heavy atom. The second kappa shape index (κ2) is 3.81. The maximum atomic E-state index is 5.53. The number of hydrogen-bond acceptors (Lipinski definition) is 3. The molecule has 0 aliphatic rings. The minimum absolute atomic E-state index is 0.133. The van der Waals surface area contributed by atoms with Gasteiger partial charge in [-0.05, 0) is 26.0 Å². The SMILES string of the molecule is Cc1ccc(C(C)Nc2ccn(C)n2)o1. The zero-order valence-electron chi connectivity index (χ0n) is 9.19. The van der Waals surface area contributed by atoms with Gasteiger partial charge in [-0.15, -0.1) is 0 Å². The van der Waals surface area contributed by atoms with Crippen LogP contribution in [0.5, 0.6) is 0 Å². The van der Waals surface area contributed by atoms with Crippen LogP contribution in [0.1, 0.15) is 24.5 Å². The van der Waals surface area contributed by atoms with E-state index in [1.165, 1.54) is 0 Å². The highest BCUT2D eigenvalue weighted by Crippen LogP contribution is 2.19. The van der Waals surface area contributed by atoms with Crippen LogP contribution in [0.3, 0.4) is 0 Å². The third-order valence-electron chi connectivity index (χ3n) is 2.27. The lowest BCUT2D eigenvalue weighted by molar-refractivity contribution is 0.466. The number of hydrogen-bond donors (Lipinski definition) is 1. The summed E-state index contributed by atoms with van der Waals surface area (Å²) in [6.07, 6.45) is 1.91. The molecule has 1 unspecified atom stereocenters. The van der Waals surface area contributed by atoms with E-state index in [0.717, 1.165) is 17.3 Å². The van der Waals surface area contributed by atoms with Gasteiger partial charge in [0.1, 0.15) is 17.3 Å². The van der Waals surface area contributed by atoms with Crippen molar-refractivity contribution in [3.63, 3.8) is 0 Å². The van der Waals surface area contributed by atoms with Crippen LogP contribution < -0.4 is 5.32 Å². The van der Waals surface area contributed by atoms with Crippen LogP contribution in [0.2, 0.25) is 0 Å². The van der Waals surface area contributed by atoms with E-state index in [1.54, 1.807) is 4.68 Å². The molecule has 15 heavy (non-hydrogen) atoms. The third kappa shape index (κ3) is 2.21. The van der Waals surface area contributed by atoms with Gasteiger partial charge in [0.05, 0.1) is 6.04 Å². The smallest absolute Gasteiger partial charge is 0.148 e. The zero-order valence-corrected chi connectivity index (χ0v) is 9.19. The van der Waals surface area contributed by atoms with E-state index in [0.29, 0.717) is 0 Å². The second-order valence-corrected chi connectivity index (χ2v) is 3.69. The van der Waals surface area contributed by atoms with Crippen molar-refractivity contribution < 1.29 is 4.42 Å². The van der Waals surface area contributed by atoms with Crippen molar-refractivity contribution in [1.82, 2.24) is 9.78 Å². The van der Waals surface area contributed by atoms with Crippen LogP contribution >= 0.6 is 0 Å². The molecule has 4 heteroatoms.